The van der Waals surface area contributed by atoms with Crippen molar-refractivity contribution in [3.63, 3.8) is 0 Å². The predicted molar refractivity (Wildman–Crippen MR) is 109 cm³/mol. The number of benzene rings is 2. The molecule has 0 unspecified atom stereocenters. The molecule has 0 fully saturated rings. The molecule has 0 spiro atoms. The molecule has 0 aliphatic rings. The minimum Gasteiger partial charge on any atom is -0.494 e. The highest BCUT2D eigenvalue weighted by atomic mass is 16.5. The molecule has 146 valence electrons. The van der Waals surface area contributed by atoms with Crippen LogP contribution in [0.5, 0.6) is 11.5 Å². The molecule has 27 heavy (non-hydrogen) atoms. The van der Waals surface area contributed by atoms with Gasteiger partial charge in [0.2, 0.25) is 0 Å². The molecule has 0 aromatic heterocycles. The Bertz CT molecular complexity index is 640. The van der Waals surface area contributed by atoms with Gasteiger partial charge in [-0.25, -0.2) is 0 Å². The number of unbranched alkanes of at least 4 members (excludes halogenated alkanes) is 5. The smallest absolute Gasteiger partial charge is 0.258 e. The Balaban J connectivity index is 1.58. The van der Waals surface area contributed by atoms with Crippen molar-refractivity contribution in [3.8, 4) is 11.5 Å². The summed E-state index contributed by atoms with van der Waals surface area (Å²) < 4.78 is 11.3. The number of ether oxygens (including phenoxy) is 2. The first kappa shape index (κ1) is 20.8. The summed E-state index contributed by atoms with van der Waals surface area (Å²) in [6.07, 6.45) is 7.52. The molecule has 0 bridgehead atoms. The van der Waals surface area contributed by atoms with Gasteiger partial charge in [-0.15, -0.1) is 0 Å². The standard InChI is InChI=1S/C23H31NO3/c1-2-3-4-5-6-10-17-26-21-13-15-22(16-14-21)27-19-23(25)24-18-20-11-8-7-9-12-20/h7-9,11-16H,2-6,10,17-19H2,1H3,(H,24,25). The second-order valence-electron chi connectivity index (χ2n) is 6.64. The zero-order valence-corrected chi connectivity index (χ0v) is 16.3. The Morgan fingerprint density at radius 3 is 2.15 bits per heavy atom. The Hall–Kier alpha value is -2.49. The molecule has 0 heterocycles. The maximum Gasteiger partial charge on any atom is 0.258 e. The highest BCUT2D eigenvalue weighted by Gasteiger charge is 2.03. The third kappa shape index (κ3) is 9.13. The van der Waals surface area contributed by atoms with Crippen molar-refractivity contribution in [2.45, 2.75) is 52.0 Å². The summed E-state index contributed by atoms with van der Waals surface area (Å²) in [7, 11) is 0. The fourth-order valence-electron chi connectivity index (χ4n) is 2.70. The van der Waals surface area contributed by atoms with Crippen LogP contribution >= 0.6 is 0 Å². The highest BCUT2D eigenvalue weighted by molar-refractivity contribution is 5.77. The van der Waals surface area contributed by atoms with Crippen LogP contribution in [-0.4, -0.2) is 19.1 Å². The predicted octanol–water partition coefficient (Wildman–Crippen LogP) is 5.12. The zero-order valence-electron chi connectivity index (χ0n) is 16.3. The summed E-state index contributed by atoms with van der Waals surface area (Å²) in [5.74, 6) is 1.36. The van der Waals surface area contributed by atoms with Crippen molar-refractivity contribution in [3.05, 3.63) is 60.2 Å². The Kier molecular flexibility index (Phi) is 9.87. The van der Waals surface area contributed by atoms with E-state index in [9.17, 15) is 4.79 Å². The van der Waals surface area contributed by atoms with E-state index in [-0.39, 0.29) is 12.5 Å². The minimum absolute atomic E-state index is 0.00476. The number of amides is 1. The molecule has 2 rings (SSSR count). The molecule has 0 radical (unpaired) electrons. The van der Waals surface area contributed by atoms with Crippen LogP contribution in [-0.2, 0) is 11.3 Å². The van der Waals surface area contributed by atoms with Crippen LogP contribution in [0.2, 0.25) is 0 Å². The number of rotatable bonds is 13. The van der Waals surface area contributed by atoms with E-state index in [0.29, 0.717) is 12.3 Å². The maximum absolute atomic E-state index is 11.9. The van der Waals surface area contributed by atoms with Gasteiger partial charge in [-0.2, -0.15) is 0 Å². The molecule has 0 saturated heterocycles. The number of nitrogens with one attached hydrogen (secondary N) is 1. The fraction of sp³-hybridized carbons (Fsp3) is 0.435. The highest BCUT2D eigenvalue weighted by Crippen LogP contribution is 2.18. The van der Waals surface area contributed by atoms with Gasteiger partial charge in [0, 0.05) is 6.54 Å². The van der Waals surface area contributed by atoms with Crippen LogP contribution in [0.4, 0.5) is 0 Å². The number of carbonyl (C=O) groups is 1. The lowest BCUT2D eigenvalue weighted by atomic mass is 10.1. The summed E-state index contributed by atoms with van der Waals surface area (Å²) >= 11 is 0. The topological polar surface area (TPSA) is 47.6 Å². The molecule has 1 N–H and O–H groups in total. The molecule has 2 aromatic carbocycles. The van der Waals surface area contributed by atoms with E-state index in [1.807, 2.05) is 54.6 Å². The molecule has 4 heteroatoms. The van der Waals surface area contributed by atoms with Crippen molar-refractivity contribution in [1.82, 2.24) is 5.32 Å². The Morgan fingerprint density at radius 2 is 1.44 bits per heavy atom. The van der Waals surface area contributed by atoms with Crippen LogP contribution in [0.25, 0.3) is 0 Å². The van der Waals surface area contributed by atoms with E-state index in [1.54, 1.807) is 0 Å². The van der Waals surface area contributed by atoms with Crippen LogP contribution in [0.3, 0.4) is 0 Å². The molecule has 2 aromatic rings. The van der Waals surface area contributed by atoms with E-state index in [2.05, 4.69) is 12.2 Å². The summed E-state index contributed by atoms with van der Waals surface area (Å²) in [4.78, 5) is 11.9. The lowest BCUT2D eigenvalue weighted by Gasteiger charge is -2.09. The van der Waals surface area contributed by atoms with Crippen LogP contribution < -0.4 is 14.8 Å². The molecule has 0 aliphatic carbocycles. The maximum atomic E-state index is 11.9. The Morgan fingerprint density at radius 1 is 0.815 bits per heavy atom. The van der Waals surface area contributed by atoms with Crippen LogP contribution in [0, 0.1) is 0 Å². The summed E-state index contributed by atoms with van der Waals surface area (Å²) in [6, 6.07) is 17.2. The van der Waals surface area contributed by atoms with Gasteiger partial charge in [0.1, 0.15) is 11.5 Å². The van der Waals surface area contributed by atoms with E-state index >= 15 is 0 Å². The van der Waals surface area contributed by atoms with Crippen LogP contribution in [0.1, 0.15) is 51.0 Å². The average Bonchev–Trinajstić information content (AvgIpc) is 2.71. The monoisotopic (exact) mass is 369 g/mol. The summed E-state index contributed by atoms with van der Waals surface area (Å²) in [5.41, 5.74) is 1.07. The summed E-state index contributed by atoms with van der Waals surface area (Å²) in [6.45, 7) is 3.49. The minimum atomic E-state index is -0.137. The SMILES string of the molecule is CCCCCCCCOc1ccc(OCC(=O)NCc2ccccc2)cc1. The van der Waals surface area contributed by atoms with Crippen molar-refractivity contribution >= 4 is 5.91 Å². The van der Waals surface area contributed by atoms with E-state index in [4.69, 9.17) is 9.47 Å². The largest absolute Gasteiger partial charge is 0.494 e. The molecular formula is C23H31NO3. The van der Waals surface area contributed by atoms with Crippen molar-refractivity contribution < 1.29 is 14.3 Å². The fourth-order valence-corrected chi connectivity index (χ4v) is 2.70. The average molecular weight is 370 g/mol. The third-order valence-corrected chi connectivity index (χ3v) is 4.29. The lowest BCUT2D eigenvalue weighted by Crippen LogP contribution is -2.28. The molecule has 0 atom stereocenters. The number of hydrogen-bond acceptors (Lipinski definition) is 3. The normalized spacial score (nSPS) is 10.4. The third-order valence-electron chi connectivity index (χ3n) is 4.29. The van der Waals surface area contributed by atoms with Crippen molar-refractivity contribution in [2.24, 2.45) is 0 Å². The van der Waals surface area contributed by atoms with Gasteiger partial charge in [0.05, 0.1) is 6.61 Å². The van der Waals surface area contributed by atoms with E-state index in [1.165, 1.54) is 32.1 Å². The van der Waals surface area contributed by atoms with Gasteiger partial charge >= 0.3 is 0 Å². The van der Waals surface area contributed by atoms with Crippen LogP contribution in [0.15, 0.2) is 54.6 Å². The lowest BCUT2D eigenvalue weighted by molar-refractivity contribution is -0.123. The molecule has 0 aliphatic heterocycles. The van der Waals surface area contributed by atoms with Gasteiger partial charge in [0.25, 0.3) is 5.91 Å². The van der Waals surface area contributed by atoms with Gasteiger partial charge in [-0.05, 0) is 36.2 Å². The van der Waals surface area contributed by atoms with Gasteiger partial charge in [-0.1, -0.05) is 69.4 Å². The van der Waals surface area contributed by atoms with E-state index < -0.39 is 0 Å². The van der Waals surface area contributed by atoms with Gasteiger partial charge < -0.3 is 14.8 Å². The second-order valence-corrected chi connectivity index (χ2v) is 6.64. The van der Waals surface area contributed by atoms with Crippen molar-refractivity contribution in [1.29, 1.82) is 0 Å². The first-order valence-electron chi connectivity index (χ1n) is 9.94. The number of carbonyl (C=O) groups excluding carboxylic acids is 1. The second kappa shape index (κ2) is 12.8. The van der Waals surface area contributed by atoms with Crippen molar-refractivity contribution in [2.75, 3.05) is 13.2 Å². The van der Waals surface area contributed by atoms with Gasteiger partial charge in [-0.3, -0.25) is 4.79 Å². The number of hydrogen-bond donors (Lipinski definition) is 1. The van der Waals surface area contributed by atoms with Gasteiger partial charge in [0.15, 0.2) is 6.61 Å². The first-order chi connectivity index (χ1) is 13.3. The zero-order chi connectivity index (χ0) is 19.2. The Labute approximate surface area is 162 Å². The summed E-state index contributed by atoms with van der Waals surface area (Å²) in [5, 5.41) is 2.84. The molecule has 0 saturated carbocycles. The molecule has 4 nitrogen and oxygen atoms in total. The molecule has 1 amide bonds. The molecular weight excluding hydrogens is 338 g/mol. The quantitative estimate of drug-likeness (QED) is 0.499. The van der Waals surface area contributed by atoms with E-state index in [0.717, 1.165) is 24.3 Å². The first-order valence-corrected chi connectivity index (χ1v) is 9.94.